The van der Waals surface area contributed by atoms with E-state index in [1.54, 1.807) is 18.2 Å². The molecule has 12 heteroatoms. The monoisotopic (exact) mass is 528 g/mol. The summed E-state index contributed by atoms with van der Waals surface area (Å²) in [5, 5.41) is 8.25. The van der Waals surface area contributed by atoms with E-state index in [4.69, 9.17) is 19.6 Å². The minimum Gasteiger partial charge on any atom is -0.493 e. The normalized spacial score (nSPS) is 16.5. The highest BCUT2D eigenvalue weighted by molar-refractivity contribution is 8.16. The van der Waals surface area contributed by atoms with Gasteiger partial charge in [-0.1, -0.05) is 25.1 Å². The zero-order chi connectivity index (χ0) is 25.9. The molecule has 4 rings (SSSR count). The van der Waals surface area contributed by atoms with E-state index in [-0.39, 0.29) is 34.1 Å². The third kappa shape index (κ3) is 5.29. The van der Waals surface area contributed by atoms with Crippen LogP contribution in [0.4, 0.5) is 0 Å². The maximum Gasteiger partial charge on any atom is 0.283 e. The number of aliphatic imine (C=N–C) groups is 1. The molecule has 2 aromatic carbocycles. The lowest BCUT2D eigenvalue weighted by atomic mass is 10.1. The molecule has 0 spiro atoms. The third-order valence-electron chi connectivity index (χ3n) is 5.25. The molecule has 2 aromatic rings. The van der Waals surface area contributed by atoms with Crippen molar-refractivity contribution >= 4 is 49.9 Å². The minimum atomic E-state index is -3.71. The number of nitrogens with zero attached hydrogens (tertiary/aromatic N) is 3. The molecule has 2 aliphatic heterocycles. The van der Waals surface area contributed by atoms with E-state index < -0.39 is 15.7 Å². The van der Waals surface area contributed by atoms with Gasteiger partial charge in [-0.15, -0.1) is 0 Å². The van der Waals surface area contributed by atoms with Gasteiger partial charge in [0.2, 0.25) is 20.2 Å². The van der Waals surface area contributed by atoms with E-state index in [1.165, 1.54) is 20.1 Å². The summed E-state index contributed by atoms with van der Waals surface area (Å²) >= 11 is 0.758. The molecule has 36 heavy (non-hydrogen) atoms. The first kappa shape index (κ1) is 25.5. The number of amidine groups is 3. The van der Waals surface area contributed by atoms with Crippen LogP contribution in [0.2, 0.25) is 0 Å². The van der Waals surface area contributed by atoms with E-state index in [2.05, 4.69) is 9.39 Å². The highest BCUT2D eigenvalue weighted by Crippen LogP contribution is 2.32. The van der Waals surface area contributed by atoms with E-state index >= 15 is 0 Å². The number of amides is 1. The molecule has 1 amide bonds. The lowest BCUT2D eigenvalue weighted by Gasteiger charge is -2.24. The molecule has 0 aliphatic carbocycles. The van der Waals surface area contributed by atoms with Gasteiger partial charge < -0.3 is 14.2 Å². The van der Waals surface area contributed by atoms with Crippen molar-refractivity contribution in [3.05, 3.63) is 59.2 Å². The van der Waals surface area contributed by atoms with Crippen molar-refractivity contribution in [2.45, 2.75) is 13.8 Å². The van der Waals surface area contributed by atoms with Crippen molar-refractivity contribution in [2.24, 2.45) is 9.39 Å². The van der Waals surface area contributed by atoms with Crippen molar-refractivity contribution in [2.75, 3.05) is 26.1 Å². The standard InChI is InChI=1S/C24H24N4O6S2/c1-4-36(30,31)24-27-35-23-26-22(29)18(21(25)28(23)24)13-16-8-9-19(20(14-16)32-3)34-11-10-33-17-7-5-6-15(2)12-17/h5-9,12-14,25H,4,10-11H2,1-3H3/b18-13-,25-21?. The van der Waals surface area contributed by atoms with Crippen LogP contribution in [0.3, 0.4) is 0 Å². The molecule has 188 valence electrons. The van der Waals surface area contributed by atoms with Gasteiger partial charge in [0, 0.05) is 0 Å². The van der Waals surface area contributed by atoms with Crippen molar-refractivity contribution in [1.82, 2.24) is 4.90 Å². The second kappa shape index (κ2) is 10.5. The van der Waals surface area contributed by atoms with E-state index in [9.17, 15) is 13.2 Å². The Bertz CT molecular complexity index is 1420. The Hall–Kier alpha value is -3.64. The lowest BCUT2D eigenvalue weighted by molar-refractivity contribution is -0.114. The Balaban J connectivity index is 1.49. The molecule has 0 atom stereocenters. The first-order valence-corrected chi connectivity index (χ1v) is 13.4. The fraction of sp³-hybridized carbons (Fsp3) is 0.250. The highest BCUT2D eigenvalue weighted by atomic mass is 32.2. The maximum absolute atomic E-state index is 12.6. The number of hydrogen-bond donors (Lipinski definition) is 1. The van der Waals surface area contributed by atoms with Crippen molar-refractivity contribution in [3.63, 3.8) is 0 Å². The summed E-state index contributed by atoms with van der Waals surface area (Å²) in [6, 6.07) is 12.8. The Kier molecular flexibility index (Phi) is 7.45. The molecule has 1 N–H and O–H groups in total. The Morgan fingerprint density at radius 3 is 2.61 bits per heavy atom. The zero-order valence-electron chi connectivity index (χ0n) is 19.8. The second-order valence-corrected chi connectivity index (χ2v) is 10.6. The van der Waals surface area contributed by atoms with Gasteiger partial charge in [0.15, 0.2) is 11.5 Å². The fourth-order valence-corrected chi connectivity index (χ4v) is 5.37. The van der Waals surface area contributed by atoms with Gasteiger partial charge in [0.05, 0.1) is 30.4 Å². The molecular weight excluding hydrogens is 504 g/mol. The smallest absolute Gasteiger partial charge is 0.283 e. The Labute approximate surface area is 213 Å². The van der Waals surface area contributed by atoms with Crippen LogP contribution in [-0.4, -0.2) is 61.5 Å². The van der Waals surface area contributed by atoms with E-state index in [0.29, 0.717) is 23.7 Å². The molecule has 10 nitrogen and oxygen atoms in total. The average Bonchev–Trinajstić information content (AvgIpc) is 3.29. The summed E-state index contributed by atoms with van der Waals surface area (Å²) in [5.41, 5.74) is 1.58. The summed E-state index contributed by atoms with van der Waals surface area (Å²) in [4.78, 5) is 17.6. The SMILES string of the molecule is CCS(=O)(=O)C1=NSC2=NC(=O)/C(=C\c3ccc(OCCOc4cccc(C)c4)c(OC)c3)C(=N)N21. The fourth-order valence-electron chi connectivity index (χ4n) is 3.41. The number of rotatable bonds is 8. The number of sulfone groups is 1. The lowest BCUT2D eigenvalue weighted by Crippen LogP contribution is -2.45. The average molecular weight is 529 g/mol. The van der Waals surface area contributed by atoms with Gasteiger partial charge in [-0.25, -0.2) is 13.3 Å². The summed E-state index contributed by atoms with van der Waals surface area (Å²) in [6.07, 6.45) is 1.46. The zero-order valence-corrected chi connectivity index (χ0v) is 21.5. The largest absolute Gasteiger partial charge is 0.493 e. The van der Waals surface area contributed by atoms with Crippen LogP contribution < -0.4 is 14.2 Å². The second-order valence-electron chi connectivity index (χ2n) is 7.73. The van der Waals surface area contributed by atoms with Crippen molar-refractivity contribution < 1.29 is 27.4 Å². The summed E-state index contributed by atoms with van der Waals surface area (Å²) in [7, 11) is -2.22. The molecule has 0 aromatic heterocycles. The van der Waals surface area contributed by atoms with Crippen LogP contribution in [0, 0.1) is 12.3 Å². The number of carbonyl (C=O) groups excluding carboxylic acids is 1. The number of ether oxygens (including phenoxy) is 3. The van der Waals surface area contributed by atoms with Crippen LogP contribution in [0.15, 0.2) is 57.4 Å². The van der Waals surface area contributed by atoms with Crippen molar-refractivity contribution in [1.29, 1.82) is 5.41 Å². The van der Waals surface area contributed by atoms with Crippen molar-refractivity contribution in [3.8, 4) is 17.2 Å². The van der Waals surface area contributed by atoms with E-state index in [0.717, 1.165) is 28.2 Å². The van der Waals surface area contributed by atoms with Gasteiger partial charge in [0.1, 0.15) is 24.8 Å². The van der Waals surface area contributed by atoms with Gasteiger partial charge in [0.25, 0.3) is 5.91 Å². The predicted molar refractivity (Wildman–Crippen MR) is 140 cm³/mol. The number of benzene rings is 2. The molecule has 0 radical (unpaired) electrons. The molecule has 0 saturated carbocycles. The van der Waals surface area contributed by atoms with Gasteiger partial charge in [-0.05, 0) is 48.4 Å². The van der Waals surface area contributed by atoms with Crippen LogP contribution in [0.25, 0.3) is 6.08 Å². The number of aryl methyl sites for hydroxylation is 1. The van der Waals surface area contributed by atoms with Gasteiger partial charge in [-0.2, -0.15) is 9.39 Å². The Morgan fingerprint density at radius 1 is 1.11 bits per heavy atom. The molecular formula is C24H24N4O6S2. The molecule has 0 unspecified atom stereocenters. The van der Waals surface area contributed by atoms with Crippen LogP contribution in [0.5, 0.6) is 17.2 Å². The van der Waals surface area contributed by atoms with Gasteiger partial charge in [-0.3, -0.25) is 10.2 Å². The molecule has 0 fully saturated rings. The first-order valence-electron chi connectivity index (χ1n) is 11.0. The molecule has 2 heterocycles. The quantitative estimate of drug-likeness (QED) is 0.313. The summed E-state index contributed by atoms with van der Waals surface area (Å²) < 4.78 is 45.6. The first-order chi connectivity index (χ1) is 17.2. The number of carbonyl (C=O) groups is 1. The number of methoxy groups -OCH3 is 1. The Morgan fingerprint density at radius 2 is 1.89 bits per heavy atom. The number of fused-ring (bicyclic) bond motifs is 1. The van der Waals surface area contributed by atoms with Crippen LogP contribution in [-0.2, 0) is 14.6 Å². The van der Waals surface area contributed by atoms with E-state index in [1.807, 2.05) is 31.2 Å². The minimum absolute atomic E-state index is 0.0448. The number of hydrogen-bond acceptors (Lipinski definition) is 9. The number of nitrogens with one attached hydrogen (secondary N) is 1. The molecule has 0 bridgehead atoms. The molecule has 2 aliphatic rings. The maximum atomic E-state index is 12.6. The predicted octanol–water partition coefficient (Wildman–Crippen LogP) is 3.47. The summed E-state index contributed by atoms with van der Waals surface area (Å²) in [5.74, 6) is 0.513. The summed E-state index contributed by atoms with van der Waals surface area (Å²) in [6.45, 7) is 4.09. The van der Waals surface area contributed by atoms with Gasteiger partial charge >= 0.3 is 0 Å². The third-order valence-corrected chi connectivity index (χ3v) is 7.66. The highest BCUT2D eigenvalue weighted by Gasteiger charge is 2.42. The van der Waals surface area contributed by atoms with Crippen LogP contribution >= 0.6 is 11.9 Å². The molecule has 0 saturated heterocycles. The van der Waals surface area contributed by atoms with Crippen LogP contribution in [0.1, 0.15) is 18.1 Å². The topological polar surface area (TPSA) is 131 Å².